The highest BCUT2D eigenvalue weighted by molar-refractivity contribution is 5.98. The molecule has 0 radical (unpaired) electrons. The average molecular weight is 385 g/mol. The van der Waals surface area contributed by atoms with Gasteiger partial charge in [0.05, 0.1) is 6.10 Å². The predicted molar refractivity (Wildman–Crippen MR) is 108 cm³/mol. The predicted octanol–water partition coefficient (Wildman–Crippen LogP) is 3.84. The molecule has 0 aromatic carbocycles. The normalized spacial score (nSPS) is 27.1. The number of carbonyl (C=O) groups excluding carboxylic acids is 1. The van der Waals surface area contributed by atoms with E-state index in [1.54, 1.807) is 6.33 Å². The Hall–Kier alpha value is -1.95. The van der Waals surface area contributed by atoms with Gasteiger partial charge in [0.2, 0.25) is 0 Å². The van der Waals surface area contributed by atoms with Gasteiger partial charge in [-0.2, -0.15) is 0 Å². The summed E-state index contributed by atoms with van der Waals surface area (Å²) in [5.41, 5.74) is 3.01. The van der Waals surface area contributed by atoms with Crippen LogP contribution >= 0.6 is 0 Å². The lowest BCUT2D eigenvalue weighted by Crippen LogP contribution is -2.49. The Bertz CT molecular complexity index is 832. The quantitative estimate of drug-likeness (QED) is 0.769. The summed E-state index contributed by atoms with van der Waals surface area (Å²) in [4.78, 5) is 21.9. The van der Waals surface area contributed by atoms with Crippen molar-refractivity contribution in [2.75, 3.05) is 6.61 Å². The van der Waals surface area contributed by atoms with Gasteiger partial charge in [0, 0.05) is 24.0 Å². The molecule has 4 rings (SSSR count). The second-order valence-electron chi connectivity index (χ2n) is 8.61. The number of hydrogen-bond donors (Lipinski definition) is 1. The Morgan fingerprint density at radius 2 is 2.04 bits per heavy atom. The van der Waals surface area contributed by atoms with E-state index < -0.39 is 0 Å². The molecule has 1 N–H and O–H groups in total. The summed E-state index contributed by atoms with van der Waals surface area (Å²) < 4.78 is 8.15. The minimum atomic E-state index is -0.103. The highest BCUT2D eigenvalue weighted by Gasteiger charge is 2.41. The van der Waals surface area contributed by atoms with Crippen LogP contribution in [0.25, 0.3) is 5.65 Å². The summed E-state index contributed by atoms with van der Waals surface area (Å²) in [6, 6.07) is 2.20. The molecule has 4 atom stereocenters. The van der Waals surface area contributed by atoms with E-state index in [1.165, 1.54) is 25.7 Å². The summed E-state index contributed by atoms with van der Waals surface area (Å²) >= 11 is 0. The number of ether oxygens (including phenoxy) is 1. The first-order valence-corrected chi connectivity index (χ1v) is 10.8. The zero-order chi connectivity index (χ0) is 19.7. The average Bonchev–Trinajstić information content (AvgIpc) is 3.06. The van der Waals surface area contributed by atoms with Gasteiger partial charge in [0.15, 0.2) is 11.3 Å². The first-order valence-electron chi connectivity index (χ1n) is 10.8. The Morgan fingerprint density at radius 1 is 1.29 bits per heavy atom. The number of carbonyl (C=O) groups is 1. The van der Waals surface area contributed by atoms with Gasteiger partial charge >= 0.3 is 0 Å². The summed E-state index contributed by atoms with van der Waals surface area (Å²) in [7, 11) is 0. The van der Waals surface area contributed by atoms with E-state index in [0.29, 0.717) is 29.3 Å². The maximum Gasteiger partial charge on any atom is 0.274 e. The summed E-state index contributed by atoms with van der Waals surface area (Å²) in [5.74, 6) is 1.03. The van der Waals surface area contributed by atoms with Crippen molar-refractivity contribution in [3.63, 3.8) is 0 Å². The standard InChI is InChI=1S/C22H32N4O2/c1-4-5-9-28-20-16-7-6-8-17(20)12-18(11-16)25-22(27)19-21-24-14(2)10-15(3)26(21)13-23-19/h10,13,16-18,20H,4-9,11-12H2,1-3H3,(H,25,27)/t16-,17+,18+,20+. The SMILES string of the molecule is CCCCO[C@H]1[C@@H]2CCC[C@H]1C[C@@H](NC(=O)c1ncn3c(C)cc(C)nc13)C2. The van der Waals surface area contributed by atoms with Crippen LogP contribution in [0.5, 0.6) is 0 Å². The number of rotatable bonds is 6. The minimum Gasteiger partial charge on any atom is -0.378 e. The molecule has 0 saturated heterocycles. The molecule has 2 bridgehead atoms. The molecule has 6 heteroatoms. The Kier molecular flexibility index (Phi) is 5.67. The molecule has 1 amide bonds. The van der Waals surface area contributed by atoms with Crippen molar-refractivity contribution in [3.8, 4) is 0 Å². The van der Waals surface area contributed by atoms with E-state index in [0.717, 1.165) is 37.3 Å². The van der Waals surface area contributed by atoms with Crippen LogP contribution in [0.4, 0.5) is 0 Å². The molecule has 2 saturated carbocycles. The molecule has 28 heavy (non-hydrogen) atoms. The maximum absolute atomic E-state index is 13.0. The Morgan fingerprint density at radius 3 is 2.75 bits per heavy atom. The smallest absolute Gasteiger partial charge is 0.274 e. The molecule has 2 aliphatic carbocycles. The van der Waals surface area contributed by atoms with Crippen molar-refractivity contribution in [1.82, 2.24) is 19.7 Å². The Balaban J connectivity index is 1.45. The van der Waals surface area contributed by atoms with Crippen LogP contribution in [0.1, 0.15) is 73.7 Å². The number of amides is 1. The molecule has 0 unspecified atom stereocenters. The fraction of sp³-hybridized carbons (Fsp3) is 0.682. The highest BCUT2D eigenvalue weighted by atomic mass is 16.5. The molecule has 2 fully saturated rings. The molecule has 152 valence electrons. The number of nitrogens with one attached hydrogen (secondary N) is 1. The Labute approximate surface area is 167 Å². The van der Waals surface area contributed by atoms with E-state index in [1.807, 2.05) is 24.3 Å². The third-order valence-electron chi connectivity index (χ3n) is 6.43. The molecular weight excluding hydrogens is 352 g/mol. The molecule has 2 aromatic rings. The molecular formula is C22H32N4O2. The van der Waals surface area contributed by atoms with Crippen LogP contribution in [0.15, 0.2) is 12.4 Å². The number of imidazole rings is 1. The van der Waals surface area contributed by atoms with Crippen molar-refractivity contribution < 1.29 is 9.53 Å². The number of hydrogen-bond acceptors (Lipinski definition) is 4. The molecule has 6 nitrogen and oxygen atoms in total. The maximum atomic E-state index is 13.0. The van der Waals surface area contributed by atoms with Crippen LogP contribution in [-0.4, -0.2) is 39.0 Å². The lowest BCUT2D eigenvalue weighted by atomic mass is 9.68. The second kappa shape index (κ2) is 8.19. The van der Waals surface area contributed by atoms with Crippen LogP contribution in [0.2, 0.25) is 0 Å². The zero-order valence-electron chi connectivity index (χ0n) is 17.3. The van der Waals surface area contributed by atoms with Gasteiger partial charge in [-0.05, 0) is 63.9 Å². The summed E-state index contributed by atoms with van der Waals surface area (Å²) in [6.07, 6.45) is 10.1. The summed E-state index contributed by atoms with van der Waals surface area (Å²) in [6.45, 7) is 7.03. The van der Waals surface area contributed by atoms with Crippen molar-refractivity contribution in [1.29, 1.82) is 0 Å². The van der Waals surface area contributed by atoms with Crippen molar-refractivity contribution >= 4 is 11.6 Å². The lowest BCUT2D eigenvalue weighted by molar-refractivity contribution is -0.0772. The molecule has 0 aliphatic heterocycles. The largest absolute Gasteiger partial charge is 0.378 e. The van der Waals surface area contributed by atoms with Crippen LogP contribution < -0.4 is 5.32 Å². The van der Waals surface area contributed by atoms with E-state index in [4.69, 9.17) is 4.74 Å². The number of fused-ring (bicyclic) bond motifs is 3. The van der Waals surface area contributed by atoms with Crippen molar-refractivity contribution in [2.24, 2.45) is 11.8 Å². The second-order valence-corrected chi connectivity index (χ2v) is 8.61. The molecule has 2 heterocycles. The topological polar surface area (TPSA) is 68.5 Å². The third kappa shape index (κ3) is 3.79. The van der Waals surface area contributed by atoms with Crippen molar-refractivity contribution in [2.45, 2.75) is 77.9 Å². The zero-order valence-corrected chi connectivity index (χ0v) is 17.3. The fourth-order valence-corrected chi connectivity index (χ4v) is 5.13. The molecule has 2 aliphatic rings. The monoisotopic (exact) mass is 384 g/mol. The van der Waals surface area contributed by atoms with E-state index >= 15 is 0 Å². The van der Waals surface area contributed by atoms with Gasteiger partial charge in [-0.25, -0.2) is 9.97 Å². The van der Waals surface area contributed by atoms with Crippen LogP contribution in [-0.2, 0) is 4.74 Å². The lowest BCUT2D eigenvalue weighted by Gasteiger charge is -2.45. The first-order chi connectivity index (χ1) is 13.6. The van der Waals surface area contributed by atoms with E-state index in [-0.39, 0.29) is 11.9 Å². The first kappa shape index (κ1) is 19.4. The minimum absolute atomic E-state index is 0.103. The third-order valence-corrected chi connectivity index (χ3v) is 6.43. The number of nitrogens with zero attached hydrogens (tertiary/aromatic N) is 3. The van der Waals surface area contributed by atoms with Crippen LogP contribution in [0.3, 0.4) is 0 Å². The van der Waals surface area contributed by atoms with Gasteiger partial charge in [-0.3, -0.25) is 9.20 Å². The van der Waals surface area contributed by atoms with E-state index in [2.05, 4.69) is 22.2 Å². The highest BCUT2D eigenvalue weighted by Crippen LogP contribution is 2.42. The van der Waals surface area contributed by atoms with Crippen LogP contribution in [0, 0.1) is 25.7 Å². The van der Waals surface area contributed by atoms with Gasteiger partial charge < -0.3 is 10.1 Å². The summed E-state index contributed by atoms with van der Waals surface area (Å²) in [5, 5.41) is 3.26. The van der Waals surface area contributed by atoms with Gasteiger partial charge in [0.25, 0.3) is 5.91 Å². The van der Waals surface area contributed by atoms with E-state index in [9.17, 15) is 4.79 Å². The van der Waals surface area contributed by atoms with Gasteiger partial charge in [-0.15, -0.1) is 0 Å². The number of aromatic nitrogens is 3. The molecule has 0 spiro atoms. The molecule has 2 aromatic heterocycles. The number of unbranched alkanes of at least 4 members (excludes halogenated alkanes) is 1. The number of aryl methyl sites for hydroxylation is 2. The van der Waals surface area contributed by atoms with Crippen molar-refractivity contribution in [3.05, 3.63) is 29.5 Å². The van der Waals surface area contributed by atoms with Gasteiger partial charge in [0.1, 0.15) is 6.33 Å². The fourth-order valence-electron chi connectivity index (χ4n) is 5.13. The van der Waals surface area contributed by atoms with Gasteiger partial charge in [-0.1, -0.05) is 19.8 Å².